The summed E-state index contributed by atoms with van der Waals surface area (Å²) < 4.78 is 21.1. The molecule has 0 amide bonds. The number of aliphatic hydroxyl groups excluding tert-OH is 1. The Bertz CT molecular complexity index is 318. The van der Waals surface area contributed by atoms with Crippen LogP contribution in [0.5, 0.6) is 0 Å². The first kappa shape index (κ1) is 16.4. The summed E-state index contributed by atoms with van der Waals surface area (Å²) in [5, 5.41) is 19.3. The van der Waals surface area contributed by atoms with Gasteiger partial charge in [-0.05, 0) is 19.9 Å². The highest BCUT2D eigenvalue weighted by atomic mass is 16.7. The summed E-state index contributed by atoms with van der Waals surface area (Å²) in [6.45, 7) is 7.01. The molecular formula is C13H24O6. The van der Waals surface area contributed by atoms with E-state index in [1.54, 1.807) is 6.08 Å². The lowest BCUT2D eigenvalue weighted by molar-refractivity contribution is -0.259. The second-order valence-electron chi connectivity index (χ2n) is 5.43. The molecule has 1 heterocycles. The molecule has 1 saturated heterocycles. The Morgan fingerprint density at radius 1 is 1.47 bits per heavy atom. The Balaban J connectivity index is 2.61. The lowest BCUT2D eigenvalue weighted by Crippen LogP contribution is -2.38. The van der Waals surface area contributed by atoms with E-state index in [-0.39, 0.29) is 0 Å². The maximum absolute atomic E-state index is 9.70. The minimum absolute atomic E-state index is 0.341. The summed E-state index contributed by atoms with van der Waals surface area (Å²) in [6.07, 6.45) is 0.296. The first-order valence-electron chi connectivity index (χ1n) is 6.26. The molecule has 2 N–H and O–H groups in total. The van der Waals surface area contributed by atoms with E-state index in [1.807, 2.05) is 13.8 Å². The Morgan fingerprint density at radius 3 is 2.53 bits per heavy atom. The zero-order chi connectivity index (χ0) is 14.7. The van der Waals surface area contributed by atoms with Gasteiger partial charge in [-0.2, -0.15) is 0 Å². The van der Waals surface area contributed by atoms with Gasteiger partial charge in [-0.1, -0.05) is 0 Å². The molecule has 19 heavy (non-hydrogen) atoms. The van der Waals surface area contributed by atoms with E-state index >= 15 is 0 Å². The second-order valence-corrected chi connectivity index (χ2v) is 5.43. The van der Waals surface area contributed by atoms with Gasteiger partial charge >= 0.3 is 0 Å². The van der Waals surface area contributed by atoms with Crippen LogP contribution in [0.1, 0.15) is 34.1 Å². The molecule has 0 radical (unpaired) electrons. The predicted molar refractivity (Wildman–Crippen MR) is 68.0 cm³/mol. The van der Waals surface area contributed by atoms with E-state index in [0.29, 0.717) is 18.8 Å². The van der Waals surface area contributed by atoms with Crippen molar-refractivity contribution in [1.29, 1.82) is 0 Å². The molecule has 0 aromatic rings. The van der Waals surface area contributed by atoms with Gasteiger partial charge in [-0.3, -0.25) is 0 Å². The summed E-state index contributed by atoms with van der Waals surface area (Å²) in [5.74, 6) is -1.30. The zero-order valence-corrected chi connectivity index (χ0v) is 12.2. The monoisotopic (exact) mass is 276 g/mol. The van der Waals surface area contributed by atoms with E-state index in [2.05, 4.69) is 0 Å². The van der Waals surface area contributed by atoms with Crippen LogP contribution in [0.3, 0.4) is 0 Å². The van der Waals surface area contributed by atoms with Gasteiger partial charge in [0.25, 0.3) is 0 Å². The molecular weight excluding hydrogens is 252 g/mol. The first-order valence-corrected chi connectivity index (χ1v) is 6.26. The molecule has 0 aromatic heterocycles. The summed E-state index contributed by atoms with van der Waals surface area (Å²) in [7, 11) is 1.37. The molecule has 0 saturated carbocycles. The highest BCUT2D eigenvalue weighted by Gasteiger charge is 2.30. The largest absolute Gasteiger partial charge is 0.465 e. The first-order chi connectivity index (χ1) is 8.63. The molecule has 112 valence electrons. The van der Waals surface area contributed by atoms with Crippen molar-refractivity contribution in [3.8, 4) is 0 Å². The van der Waals surface area contributed by atoms with E-state index in [4.69, 9.17) is 18.9 Å². The van der Waals surface area contributed by atoms with Crippen LogP contribution in [-0.4, -0.2) is 47.9 Å². The van der Waals surface area contributed by atoms with E-state index in [1.165, 1.54) is 21.0 Å². The van der Waals surface area contributed by atoms with Crippen molar-refractivity contribution in [3.63, 3.8) is 0 Å². The Morgan fingerprint density at radius 2 is 2.11 bits per heavy atom. The highest BCUT2D eigenvalue weighted by Crippen LogP contribution is 2.26. The van der Waals surface area contributed by atoms with Crippen molar-refractivity contribution in [1.82, 2.24) is 0 Å². The zero-order valence-electron chi connectivity index (χ0n) is 12.2. The van der Waals surface area contributed by atoms with Crippen molar-refractivity contribution in [3.05, 3.63) is 11.8 Å². The van der Waals surface area contributed by atoms with Crippen LogP contribution in [0, 0.1) is 0 Å². The fraction of sp³-hybridized carbons (Fsp3) is 0.846. The van der Waals surface area contributed by atoms with Crippen LogP contribution in [0.25, 0.3) is 0 Å². The molecule has 0 bridgehead atoms. The minimum atomic E-state index is -1.35. The predicted octanol–water partition coefficient (Wildman–Crippen LogP) is 1.12. The minimum Gasteiger partial charge on any atom is -0.465 e. The van der Waals surface area contributed by atoms with Crippen LogP contribution in [-0.2, 0) is 18.9 Å². The third kappa shape index (κ3) is 5.88. The molecule has 0 spiro atoms. The molecule has 1 rings (SSSR count). The molecule has 1 aliphatic heterocycles. The Kier molecular flexibility index (Phi) is 5.34. The SMILES string of the molecule is CO[C@H](O)C(C/C=C1\COC(C)(C)O1)OC(C)(C)O. The van der Waals surface area contributed by atoms with Crippen molar-refractivity contribution >= 4 is 0 Å². The van der Waals surface area contributed by atoms with Crippen molar-refractivity contribution < 1.29 is 29.2 Å². The van der Waals surface area contributed by atoms with E-state index < -0.39 is 24.0 Å². The van der Waals surface area contributed by atoms with E-state index in [9.17, 15) is 10.2 Å². The van der Waals surface area contributed by atoms with Gasteiger partial charge in [0.05, 0.1) is 0 Å². The quantitative estimate of drug-likeness (QED) is 0.708. The number of hydrogen-bond acceptors (Lipinski definition) is 6. The number of hydrogen-bond donors (Lipinski definition) is 2. The maximum Gasteiger partial charge on any atom is 0.204 e. The topological polar surface area (TPSA) is 77.4 Å². The molecule has 1 aliphatic rings. The van der Waals surface area contributed by atoms with Gasteiger partial charge in [0.1, 0.15) is 18.5 Å². The summed E-state index contributed by atoms with van der Waals surface area (Å²) in [6, 6.07) is 0. The average Bonchev–Trinajstić information content (AvgIpc) is 2.61. The summed E-state index contributed by atoms with van der Waals surface area (Å²) in [4.78, 5) is 0. The van der Waals surface area contributed by atoms with Gasteiger partial charge in [0, 0.05) is 27.4 Å². The Labute approximate surface area is 113 Å². The molecule has 0 aliphatic carbocycles. The second kappa shape index (κ2) is 6.19. The standard InChI is InChI=1S/C13H24O6/c1-12(2,15)19-10(11(14)16-5)7-6-9-8-17-13(3,4)18-9/h6,10-11,14-15H,7-8H2,1-5H3/b9-6+/t10?,11-/m0/s1. The number of ether oxygens (including phenoxy) is 4. The smallest absolute Gasteiger partial charge is 0.204 e. The molecule has 2 atom stereocenters. The van der Waals surface area contributed by atoms with Crippen LogP contribution in [0.4, 0.5) is 0 Å². The Hall–Kier alpha value is -0.660. The third-order valence-electron chi connectivity index (χ3n) is 2.52. The summed E-state index contributed by atoms with van der Waals surface area (Å²) >= 11 is 0. The van der Waals surface area contributed by atoms with Gasteiger partial charge in [0.2, 0.25) is 5.79 Å². The van der Waals surface area contributed by atoms with Crippen LogP contribution >= 0.6 is 0 Å². The van der Waals surface area contributed by atoms with Gasteiger partial charge in [-0.25, -0.2) is 0 Å². The third-order valence-corrected chi connectivity index (χ3v) is 2.52. The average molecular weight is 276 g/mol. The highest BCUT2D eigenvalue weighted by molar-refractivity contribution is 5.00. The number of methoxy groups -OCH3 is 1. The van der Waals surface area contributed by atoms with E-state index in [0.717, 1.165) is 0 Å². The molecule has 6 heteroatoms. The van der Waals surface area contributed by atoms with Crippen molar-refractivity contribution in [2.45, 2.75) is 58.1 Å². The fourth-order valence-corrected chi connectivity index (χ4v) is 1.71. The lowest BCUT2D eigenvalue weighted by atomic mass is 10.2. The molecule has 1 unspecified atom stereocenters. The van der Waals surface area contributed by atoms with Crippen LogP contribution in [0.2, 0.25) is 0 Å². The van der Waals surface area contributed by atoms with Gasteiger partial charge in [0.15, 0.2) is 12.1 Å². The van der Waals surface area contributed by atoms with Crippen LogP contribution < -0.4 is 0 Å². The molecule has 0 aromatic carbocycles. The van der Waals surface area contributed by atoms with Gasteiger partial charge in [-0.15, -0.1) is 0 Å². The van der Waals surface area contributed by atoms with Crippen molar-refractivity contribution in [2.24, 2.45) is 0 Å². The van der Waals surface area contributed by atoms with Crippen LogP contribution in [0.15, 0.2) is 11.8 Å². The maximum atomic E-state index is 9.70. The van der Waals surface area contributed by atoms with Gasteiger partial charge < -0.3 is 29.2 Å². The fourth-order valence-electron chi connectivity index (χ4n) is 1.71. The number of rotatable bonds is 6. The normalized spacial score (nSPS) is 24.3. The number of aliphatic hydroxyl groups is 2. The van der Waals surface area contributed by atoms with Crippen molar-refractivity contribution in [2.75, 3.05) is 13.7 Å². The summed E-state index contributed by atoms with van der Waals surface area (Å²) in [5.41, 5.74) is 0. The molecule has 6 nitrogen and oxygen atoms in total. The lowest BCUT2D eigenvalue weighted by Gasteiger charge is -2.28. The molecule has 1 fully saturated rings.